The molecular weight excluding hydrogens is 138 g/mol. The lowest BCUT2D eigenvalue weighted by atomic mass is 10.2. The average Bonchev–Trinajstić information content (AvgIpc) is 1.84. The van der Waals surface area contributed by atoms with Gasteiger partial charge in [-0.05, 0) is 13.8 Å². The van der Waals surface area contributed by atoms with Crippen molar-refractivity contribution >= 4 is 0 Å². The van der Waals surface area contributed by atoms with Crippen molar-refractivity contribution in [2.24, 2.45) is 0 Å². The highest BCUT2D eigenvalue weighted by Crippen LogP contribution is 2.12. The molecule has 0 aromatic carbocycles. The first-order valence-corrected chi connectivity index (χ1v) is 2.64. The van der Waals surface area contributed by atoms with E-state index in [2.05, 4.69) is 4.74 Å². The van der Waals surface area contributed by atoms with Crippen LogP contribution in [-0.2, 0) is 4.74 Å². The van der Waals surface area contributed by atoms with Gasteiger partial charge in [-0.1, -0.05) is 7.43 Å². The Hall–Kier alpha value is -0.440. The second kappa shape index (κ2) is 5.35. The first-order valence-electron chi connectivity index (χ1n) is 2.64. The average molecular weight is 152 g/mol. The molecule has 0 spiro atoms. The summed E-state index contributed by atoms with van der Waals surface area (Å²) in [5.74, 6) is 0. The SMILES string of the molecule is C.COC(C)C(C)=C(F)F. The molecule has 0 rings (SSSR count). The van der Waals surface area contributed by atoms with Gasteiger partial charge in [0.05, 0.1) is 6.10 Å². The molecule has 0 bridgehead atoms. The predicted octanol–water partition coefficient (Wildman–Crippen LogP) is 2.83. The van der Waals surface area contributed by atoms with E-state index in [9.17, 15) is 8.78 Å². The van der Waals surface area contributed by atoms with E-state index in [1.54, 1.807) is 6.92 Å². The number of methoxy groups -OCH3 is 1. The van der Waals surface area contributed by atoms with Crippen molar-refractivity contribution in [3.63, 3.8) is 0 Å². The van der Waals surface area contributed by atoms with E-state index >= 15 is 0 Å². The van der Waals surface area contributed by atoms with Crippen molar-refractivity contribution in [3.8, 4) is 0 Å². The standard InChI is InChI=1S/C6H10F2O.CH4/c1-4(6(7)8)5(2)9-3;/h5H,1-3H3;1H4. The van der Waals surface area contributed by atoms with Crippen LogP contribution < -0.4 is 0 Å². The maximum Gasteiger partial charge on any atom is 0.271 e. The Balaban J connectivity index is 0. The molecule has 0 saturated carbocycles. The maximum atomic E-state index is 11.7. The minimum absolute atomic E-state index is 0. The lowest BCUT2D eigenvalue weighted by Crippen LogP contribution is -2.06. The minimum Gasteiger partial charge on any atom is -0.377 e. The molecule has 1 atom stereocenters. The van der Waals surface area contributed by atoms with Gasteiger partial charge < -0.3 is 4.74 Å². The van der Waals surface area contributed by atoms with Crippen LogP contribution in [0, 0.1) is 0 Å². The zero-order chi connectivity index (χ0) is 7.44. The van der Waals surface area contributed by atoms with Crippen molar-refractivity contribution in [1.29, 1.82) is 0 Å². The Morgan fingerprint density at radius 1 is 1.40 bits per heavy atom. The summed E-state index contributed by atoms with van der Waals surface area (Å²) in [6, 6.07) is 0. The van der Waals surface area contributed by atoms with Crippen LogP contribution in [0.5, 0.6) is 0 Å². The van der Waals surface area contributed by atoms with Gasteiger partial charge in [-0.15, -0.1) is 0 Å². The molecule has 3 heteroatoms. The third kappa shape index (κ3) is 3.56. The van der Waals surface area contributed by atoms with E-state index in [1.807, 2.05) is 0 Å². The lowest BCUT2D eigenvalue weighted by molar-refractivity contribution is 0.141. The van der Waals surface area contributed by atoms with Crippen LogP contribution >= 0.6 is 0 Å². The molecule has 0 aliphatic rings. The zero-order valence-corrected chi connectivity index (χ0v) is 5.74. The number of hydrogen-bond donors (Lipinski definition) is 0. The summed E-state index contributed by atoms with van der Waals surface area (Å²) >= 11 is 0. The van der Waals surface area contributed by atoms with Crippen LogP contribution in [0.15, 0.2) is 11.7 Å². The summed E-state index contributed by atoms with van der Waals surface area (Å²) in [5, 5.41) is 0. The first-order chi connectivity index (χ1) is 4.09. The molecule has 0 aliphatic carbocycles. The van der Waals surface area contributed by atoms with Gasteiger partial charge in [-0.2, -0.15) is 8.78 Å². The van der Waals surface area contributed by atoms with Crippen LogP contribution in [-0.4, -0.2) is 13.2 Å². The monoisotopic (exact) mass is 152 g/mol. The van der Waals surface area contributed by atoms with Gasteiger partial charge in [0.25, 0.3) is 6.08 Å². The normalized spacial score (nSPS) is 11.7. The number of ether oxygens (including phenoxy) is 1. The van der Waals surface area contributed by atoms with E-state index in [-0.39, 0.29) is 13.0 Å². The quantitative estimate of drug-likeness (QED) is 0.591. The molecule has 1 unspecified atom stereocenters. The summed E-state index contributed by atoms with van der Waals surface area (Å²) in [6.45, 7) is 2.93. The van der Waals surface area contributed by atoms with Gasteiger partial charge in [-0.3, -0.25) is 0 Å². The molecule has 0 aromatic rings. The molecule has 0 heterocycles. The summed E-state index contributed by atoms with van der Waals surface area (Å²) in [5.41, 5.74) is -0.00231. The smallest absolute Gasteiger partial charge is 0.271 e. The van der Waals surface area contributed by atoms with Gasteiger partial charge >= 0.3 is 0 Å². The third-order valence-corrected chi connectivity index (χ3v) is 1.26. The van der Waals surface area contributed by atoms with Gasteiger partial charge in [0.1, 0.15) is 0 Å². The zero-order valence-electron chi connectivity index (χ0n) is 5.74. The highest BCUT2D eigenvalue weighted by Gasteiger charge is 2.07. The van der Waals surface area contributed by atoms with Crippen LogP contribution in [0.25, 0.3) is 0 Å². The Kier molecular flexibility index (Phi) is 6.56. The predicted molar refractivity (Wildman–Crippen MR) is 38.1 cm³/mol. The van der Waals surface area contributed by atoms with E-state index in [0.29, 0.717) is 0 Å². The molecule has 0 aromatic heterocycles. The van der Waals surface area contributed by atoms with Crippen molar-refractivity contribution < 1.29 is 13.5 Å². The van der Waals surface area contributed by atoms with Crippen molar-refractivity contribution in [1.82, 2.24) is 0 Å². The van der Waals surface area contributed by atoms with Crippen LogP contribution in [0.4, 0.5) is 8.78 Å². The van der Waals surface area contributed by atoms with Gasteiger partial charge in [0.2, 0.25) is 0 Å². The van der Waals surface area contributed by atoms with Crippen LogP contribution in [0.2, 0.25) is 0 Å². The molecule has 62 valence electrons. The Morgan fingerprint density at radius 2 is 1.80 bits per heavy atom. The lowest BCUT2D eigenvalue weighted by Gasteiger charge is -2.07. The molecule has 0 saturated heterocycles. The fourth-order valence-corrected chi connectivity index (χ4v) is 0.330. The molecular formula is C7H14F2O. The van der Waals surface area contributed by atoms with Gasteiger partial charge in [0, 0.05) is 12.7 Å². The summed E-state index contributed by atoms with van der Waals surface area (Å²) < 4.78 is 28.0. The van der Waals surface area contributed by atoms with E-state index < -0.39 is 12.2 Å². The highest BCUT2D eigenvalue weighted by atomic mass is 19.3. The summed E-state index contributed by atoms with van der Waals surface area (Å²) in [4.78, 5) is 0. The Bertz CT molecular complexity index is 117. The number of halogens is 2. The summed E-state index contributed by atoms with van der Waals surface area (Å²) in [6.07, 6.45) is -2.13. The van der Waals surface area contributed by atoms with Crippen LogP contribution in [0.1, 0.15) is 21.3 Å². The Morgan fingerprint density at radius 3 is 1.90 bits per heavy atom. The van der Waals surface area contributed by atoms with Gasteiger partial charge in [0.15, 0.2) is 0 Å². The third-order valence-electron chi connectivity index (χ3n) is 1.26. The maximum absolute atomic E-state index is 11.7. The van der Waals surface area contributed by atoms with Crippen molar-refractivity contribution in [2.75, 3.05) is 7.11 Å². The molecule has 1 nitrogen and oxygen atoms in total. The fourth-order valence-electron chi connectivity index (χ4n) is 0.330. The molecule has 0 amide bonds. The molecule has 0 fully saturated rings. The van der Waals surface area contributed by atoms with Crippen LogP contribution in [0.3, 0.4) is 0 Å². The van der Waals surface area contributed by atoms with Crippen molar-refractivity contribution in [2.45, 2.75) is 27.4 Å². The van der Waals surface area contributed by atoms with Gasteiger partial charge in [-0.25, -0.2) is 0 Å². The first kappa shape index (κ1) is 12.3. The van der Waals surface area contributed by atoms with Crippen molar-refractivity contribution in [3.05, 3.63) is 11.7 Å². The Labute approximate surface area is 60.7 Å². The highest BCUT2D eigenvalue weighted by molar-refractivity contribution is 5.03. The second-order valence-corrected chi connectivity index (χ2v) is 1.82. The van der Waals surface area contributed by atoms with E-state index in [4.69, 9.17) is 0 Å². The largest absolute Gasteiger partial charge is 0.377 e. The van der Waals surface area contributed by atoms with E-state index in [1.165, 1.54) is 14.0 Å². The van der Waals surface area contributed by atoms with E-state index in [0.717, 1.165) is 0 Å². The second-order valence-electron chi connectivity index (χ2n) is 1.82. The minimum atomic E-state index is -1.65. The molecule has 0 N–H and O–H groups in total. The molecule has 10 heavy (non-hydrogen) atoms. The number of hydrogen-bond acceptors (Lipinski definition) is 1. The fraction of sp³-hybridized carbons (Fsp3) is 0.714. The number of rotatable bonds is 2. The summed E-state index contributed by atoms with van der Waals surface area (Å²) in [7, 11) is 1.40. The molecule has 0 radical (unpaired) electrons. The molecule has 0 aliphatic heterocycles. The topological polar surface area (TPSA) is 9.23 Å².